The first-order valence-electron chi connectivity index (χ1n) is 12.2. The number of rotatable bonds is 6. The van der Waals surface area contributed by atoms with Crippen LogP contribution in [0.1, 0.15) is 21.5 Å². The molecule has 0 atom stereocenters. The first-order valence-corrected chi connectivity index (χ1v) is 12.2. The predicted octanol–water partition coefficient (Wildman–Crippen LogP) is 6.77. The lowest BCUT2D eigenvalue weighted by atomic mass is 10.0. The van der Waals surface area contributed by atoms with Crippen molar-refractivity contribution in [3.05, 3.63) is 126 Å². The summed E-state index contributed by atoms with van der Waals surface area (Å²) < 4.78 is 7.70. The van der Waals surface area contributed by atoms with E-state index in [9.17, 15) is 4.79 Å². The zero-order valence-corrected chi connectivity index (χ0v) is 20.4. The van der Waals surface area contributed by atoms with E-state index in [4.69, 9.17) is 4.74 Å². The summed E-state index contributed by atoms with van der Waals surface area (Å²) in [5.74, 6) is 0.191. The van der Waals surface area contributed by atoms with Crippen LogP contribution < -0.4 is 10.2 Å². The topological polar surface area (TPSA) is 55.6 Å². The van der Waals surface area contributed by atoms with Crippen molar-refractivity contribution in [3.63, 3.8) is 0 Å². The number of hydrogen-bond donors (Lipinski definition) is 1. The summed E-state index contributed by atoms with van der Waals surface area (Å²) in [4.78, 5) is 13.0. The second-order valence-electron chi connectivity index (χ2n) is 8.97. The third-order valence-electron chi connectivity index (χ3n) is 6.72. The number of ether oxygens (including phenoxy) is 1. The maximum atomic E-state index is 13.0. The van der Waals surface area contributed by atoms with Crippen LogP contribution in [-0.2, 0) is 6.54 Å². The Balaban J connectivity index is 1.29. The Hall–Kier alpha value is -4.90. The van der Waals surface area contributed by atoms with Crippen LogP contribution >= 0.6 is 0 Å². The zero-order chi connectivity index (χ0) is 25.2. The lowest BCUT2D eigenvalue weighted by molar-refractivity contribution is 0.0952. The van der Waals surface area contributed by atoms with E-state index >= 15 is 0 Å². The lowest BCUT2D eigenvalue weighted by Gasteiger charge is -2.09. The highest BCUT2D eigenvalue weighted by Gasteiger charge is 2.14. The van der Waals surface area contributed by atoms with Gasteiger partial charge in [-0.25, -0.2) is 5.43 Å². The molecule has 0 bridgehead atoms. The van der Waals surface area contributed by atoms with Crippen molar-refractivity contribution in [3.8, 4) is 5.75 Å². The molecule has 6 aromatic rings. The van der Waals surface area contributed by atoms with Gasteiger partial charge in [-0.05, 0) is 45.3 Å². The van der Waals surface area contributed by atoms with Gasteiger partial charge >= 0.3 is 0 Å². The Morgan fingerprint density at radius 3 is 2.32 bits per heavy atom. The number of nitrogens with one attached hydrogen (secondary N) is 1. The molecule has 37 heavy (non-hydrogen) atoms. The first-order chi connectivity index (χ1) is 18.2. The number of methoxy groups -OCH3 is 1. The number of amides is 1. The van der Waals surface area contributed by atoms with Crippen molar-refractivity contribution < 1.29 is 9.53 Å². The fourth-order valence-electron chi connectivity index (χ4n) is 4.91. The molecule has 0 unspecified atom stereocenters. The van der Waals surface area contributed by atoms with Gasteiger partial charge in [0.2, 0.25) is 0 Å². The minimum atomic E-state index is -0.321. The summed E-state index contributed by atoms with van der Waals surface area (Å²) in [7, 11) is 1.56. The van der Waals surface area contributed by atoms with Crippen LogP contribution in [0, 0.1) is 0 Å². The van der Waals surface area contributed by atoms with E-state index in [-0.39, 0.29) is 5.91 Å². The van der Waals surface area contributed by atoms with Crippen LogP contribution in [0.5, 0.6) is 5.75 Å². The van der Waals surface area contributed by atoms with E-state index in [1.165, 1.54) is 16.3 Å². The van der Waals surface area contributed by atoms with Gasteiger partial charge in [0.1, 0.15) is 5.75 Å². The Morgan fingerprint density at radius 1 is 0.838 bits per heavy atom. The van der Waals surface area contributed by atoms with Crippen LogP contribution in [0.25, 0.3) is 32.4 Å². The Kier molecular flexibility index (Phi) is 5.87. The molecule has 0 aliphatic rings. The fraction of sp³-hybridized carbons (Fsp3) is 0.0625. The van der Waals surface area contributed by atoms with Crippen molar-refractivity contribution in [2.45, 2.75) is 6.54 Å². The molecular formula is C32H25N3O2. The highest BCUT2D eigenvalue weighted by atomic mass is 16.5. The summed E-state index contributed by atoms with van der Waals surface area (Å²) in [6.45, 7) is 0.732. The molecule has 5 heteroatoms. The van der Waals surface area contributed by atoms with Gasteiger partial charge in [-0.2, -0.15) is 5.10 Å². The lowest BCUT2D eigenvalue weighted by Crippen LogP contribution is -2.18. The molecule has 0 fully saturated rings. The van der Waals surface area contributed by atoms with E-state index in [0.29, 0.717) is 11.3 Å². The van der Waals surface area contributed by atoms with Crippen molar-refractivity contribution in [1.29, 1.82) is 0 Å². The summed E-state index contributed by atoms with van der Waals surface area (Å²) in [5, 5.41) is 9.82. The maximum absolute atomic E-state index is 13.0. The smallest absolute Gasteiger partial charge is 0.275 e. The van der Waals surface area contributed by atoms with Gasteiger partial charge in [0.05, 0.1) is 18.9 Å². The number of para-hydroxylation sites is 1. The number of benzene rings is 5. The van der Waals surface area contributed by atoms with Crippen LogP contribution in [0.4, 0.5) is 0 Å². The summed E-state index contributed by atoms with van der Waals surface area (Å²) in [6, 6.07) is 34.6. The van der Waals surface area contributed by atoms with E-state index < -0.39 is 0 Å². The van der Waals surface area contributed by atoms with Gasteiger partial charge in [0, 0.05) is 29.2 Å². The Labute approximate surface area is 214 Å². The highest BCUT2D eigenvalue weighted by Crippen LogP contribution is 2.27. The van der Waals surface area contributed by atoms with E-state index in [2.05, 4.69) is 75.9 Å². The van der Waals surface area contributed by atoms with E-state index in [1.807, 2.05) is 48.5 Å². The number of hydrogen-bond acceptors (Lipinski definition) is 3. The molecule has 5 aromatic carbocycles. The normalized spacial score (nSPS) is 11.5. The Morgan fingerprint density at radius 2 is 1.51 bits per heavy atom. The van der Waals surface area contributed by atoms with Crippen LogP contribution in [0.2, 0.25) is 0 Å². The van der Waals surface area contributed by atoms with Crippen LogP contribution in [0.15, 0.2) is 114 Å². The molecular weight excluding hydrogens is 458 g/mol. The molecule has 0 aliphatic carbocycles. The number of nitrogens with zero attached hydrogens (tertiary/aromatic N) is 2. The third kappa shape index (κ3) is 4.32. The zero-order valence-electron chi connectivity index (χ0n) is 20.4. The molecule has 1 amide bonds. The summed E-state index contributed by atoms with van der Waals surface area (Å²) in [6.07, 6.45) is 3.78. The molecule has 5 nitrogen and oxygen atoms in total. The monoisotopic (exact) mass is 483 g/mol. The van der Waals surface area contributed by atoms with Gasteiger partial charge in [-0.15, -0.1) is 0 Å². The number of aromatic nitrogens is 1. The summed E-state index contributed by atoms with van der Waals surface area (Å²) >= 11 is 0. The molecule has 0 saturated carbocycles. The van der Waals surface area contributed by atoms with Gasteiger partial charge in [0.15, 0.2) is 0 Å². The first kappa shape index (κ1) is 22.6. The SMILES string of the molecule is COc1cc2ccccc2cc1C(=O)N/N=C\c1cn(Cc2cccc3ccccc23)c2ccccc12. The second-order valence-corrected chi connectivity index (χ2v) is 8.97. The molecule has 180 valence electrons. The third-order valence-corrected chi connectivity index (χ3v) is 6.72. The van der Waals surface area contributed by atoms with Crippen molar-refractivity contribution in [1.82, 2.24) is 9.99 Å². The average molecular weight is 484 g/mol. The molecule has 1 N–H and O–H groups in total. The van der Waals surface area contributed by atoms with Gasteiger partial charge < -0.3 is 9.30 Å². The fourth-order valence-corrected chi connectivity index (χ4v) is 4.91. The largest absolute Gasteiger partial charge is 0.496 e. The van der Waals surface area contributed by atoms with Crippen LogP contribution in [-0.4, -0.2) is 23.8 Å². The van der Waals surface area contributed by atoms with Gasteiger partial charge in [-0.3, -0.25) is 4.79 Å². The number of fused-ring (bicyclic) bond motifs is 3. The number of carbonyl (C=O) groups is 1. The van der Waals surface area contributed by atoms with Crippen LogP contribution in [0.3, 0.4) is 0 Å². The second kappa shape index (κ2) is 9.63. The molecule has 6 rings (SSSR count). The molecule has 1 heterocycles. The standard InChI is InChI=1S/C32H25N3O2/c1-37-31-18-24-11-3-2-10-23(24)17-29(31)32(36)34-33-19-26-21-35(30-16-7-6-15-28(26)30)20-25-13-8-12-22-9-4-5-14-27(22)25/h2-19,21H,20H2,1H3,(H,34,36)/b33-19-. The molecule has 0 spiro atoms. The molecule has 0 aliphatic heterocycles. The van der Waals surface area contributed by atoms with Crippen molar-refractivity contribution in [2.24, 2.45) is 5.10 Å². The minimum Gasteiger partial charge on any atom is -0.496 e. The van der Waals surface area contributed by atoms with Gasteiger partial charge in [0.25, 0.3) is 5.91 Å². The minimum absolute atomic E-state index is 0.321. The van der Waals surface area contributed by atoms with Crippen molar-refractivity contribution >= 4 is 44.6 Å². The number of carbonyl (C=O) groups excluding carboxylic acids is 1. The predicted molar refractivity (Wildman–Crippen MR) is 151 cm³/mol. The van der Waals surface area contributed by atoms with Gasteiger partial charge in [-0.1, -0.05) is 84.9 Å². The molecule has 1 aromatic heterocycles. The molecule has 0 radical (unpaired) electrons. The maximum Gasteiger partial charge on any atom is 0.275 e. The van der Waals surface area contributed by atoms with Crippen molar-refractivity contribution in [2.75, 3.05) is 7.11 Å². The Bertz CT molecular complexity index is 1790. The average Bonchev–Trinajstić information content (AvgIpc) is 3.29. The number of hydrazone groups is 1. The van der Waals surface area contributed by atoms with E-state index in [0.717, 1.165) is 33.8 Å². The molecule has 0 saturated heterocycles. The highest BCUT2D eigenvalue weighted by molar-refractivity contribution is 6.03. The van der Waals surface area contributed by atoms with E-state index in [1.54, 1.807) is 13.3 Å². The summed E-state index contributed by atoms with van der Waals surface area (Å²) in [5.41, 5.74) is 6.41. The quantitative estimate of drug-likeness (QED) is 0.210.